The average molecular weight is 178 g/mol. The molecule has 0 saturated carbocycles. The largest absolute Gasteiger partial charge is 0.446 e. The zero-order chi connectivity index (χ0) is 9.26. The van der Waals surface area contributed by atoms with E-state index in [0.717, 1.165) is 24.7 Å². The Morgan fingerprint density at radius 3 is 2.92 bits per heavy atom. The second-order valence-corrected chi connectivity index (χ2v) is 3.15. The fourth-order valence-corrected chi connectivity index (χ4v) is 1.37. The van der Waals surface area contributed by atoms with Crippen LogP contribution in [-0.4, -0.2) is 19.1 Å². The molecule has 1 aliphatic heterocycles. The van der Waals surface area contributed by atoms with Gasteiger partial charge in [-0.2, -0.15) is 0 Å². The molecule has 1 saturated heterocycles. The van der Waals surface area contributed by atoms with Crippen LogP contribution in [-0.2, 0) is 0 Å². The Labute approximate surface area is 75.6 Å². The van der Waals surface area contributed by atoms with E-state index in [9.17, 15) is 0 Å². The zero-order valence-electron chi connectivity index (χ0n) is 7.34. The number of aryl methyl sites for hydroxylation is 1. The summed E-state index contributed by atoms with van der Waals surface area (Å²) in [6, 6.07) is 3.97. The lowest BCUT2D eigenvalue weighted by atomic mass is 10.1. The molecule has 0 aliphatic carbocycles. The maximum atomic E-state index is 8.18. The molecule has 0 amide bonds. The minimum absolute atomic E-state index is 0.107. The Kier molecular flexibility index (Phi) is 1.87. The number of rotatable bonds is 2. The Morgan fingerprint density at radius 1 is 1.62 bits per heavy atom. The molecule has 1 aliphatic rings. The highest BCUT2D eigenvalue weighted by molar-refractivity contribution is 5.40. The second-order valence-electron chi connectivity index (χ2n) is 3.15. The lowest BCUT2D eigenvalue weighted by Gasteiger charge is -2.36. The van der Waals surface area contributed by atoms with Gasteiger partial charge in [-0.05, 0) is 18.5 Å². The van der Waals surface area contributed by atoms with Gasteiger partial charge in [0.2, 0.25) is 0 Å². The highest BCUT2D eigenvalue weighted by Gasteiger charge is 2.27. The molecular weight excluding hydrogens is 168 g/mol. The van der Waals surface area contributed by atoms with Gasteiger partial charge in [-0.1, -0.05) is 5.11 Å². The number of hydrogen-bond acceptors (Lipinski definition) is 3. The van der Waals surface area contributed by atoms with Crippen molar-refractivity contribution < 1.29 is 4.42 Å². The van der Waals surface area contributed by atoms with Gasteiger partial charge in [-0.3, -0.25) is 0 Å². The highest BCUT2D eigenvalue weighted by atomic mass is 16.4. The number of furan rings is 1. The molecule has 0 bridgehead atoms. The molecule has 0 spiro atoms. The molecule has 0 aromatic carbocycles. The number of nitrogens with zero attached hydrogens (tertiary/aromatic N) is 4. The lowest BCUT2D eigenvalue weighted by Crippen LogP contribution is -2.49. The van der Waals surface area contributed by atoms with Crippen molar-refractivity contribution in [2.75, 3.05) is 18.0 Å². The van der Waals surface area contributed by atoms with Crippen molar-refractivity contribution in [3.8, 4) is 0 Å². The Bertz CT molecular complexity index is 347. The summed E-state index contributed by atoms with van der Waals surface area (Å²) in [5.74, 6) is 1.77. The third-order valence-corrected chi connectivity index (χ3v) is 2.12. The summed E-state index contributed by atoms with van der Waals surface area (Å²) < 4.78 is 5.41. The summed E-state index contributed by atoms with van der Waals surface area (Å²) in [6.45, 7) is 3.43. The Balaban J connectivity index is 1.97. The number of azide groups is 1. The van der Waals surface area contributed by atoms with Crippen LogP contribution in [0.25, 0.3) is 10.4 Å². The average Bonchev–Trinajstić information content (AvgIpc) is 2.43. The molecule has 68 valence electrons. The maximum Gasteiger partial charge on any atom is 0.195 e. The van der Waals surface area contributed by atoms with Crippen LogP contribution in [0.3, 0.4) is 0 Å². The predicted octanol–water partition coefficient (Wildman–Crippen LogP) is 2.09. The zero-order valence-corrected chi connectivity index (χ0v) is 7.34. The summed E-state index contributed by atoms with van der Waals surface area (Å²) in [6.07, 6.45) is 0. The normalized spacial score (nSPS) is 16.5. The van der Waals surface area contributed by atoms with E-state index >= 15 is 0 Å². The first kappa shape index (κ1) is 8.01. The minimum Gasteiger partial charge on any atom is -0.446 e. The third-order valence-electron chi connectivity index (χ3n) is 2.12. The van der Waals surface area contributed by atoms with Crippen LogP contribution in [0.4, 0.5) is 5.88 Å². The topological polar surface area (TPSA) is 65.1 Å². The molecule has 2 rings (SSSR count). The molecule has 13 heavy (non-hydrogen) atoms. The summed E-state index contributed by atoms with van der Waals surface area (Å²) >= 11 is 0. The molecule has 1 aromatic heterocycles. The van der Waals surface area contributed by atoms with Crippen LogP contribution in [0.2, 0.25) is 0 Å². The van der Waals surface area contributed by atoms with Gasteiger partial charge < -0.3 is 9.32 Å². The van der Waals surface area contributed by atoms with Crippen LogP contribution < -0.4 is 4.90 Å². The van der Waals surface area contributed by atoms with Gasteiger partial charge in [0.05, 0.1) is 6.04 Å². The Hall–Kier alpha value is -1.61. The van der Waals surface area contributed by atoms with E-state index in [-0.39, 0.29) is 6.04 Å². The quantitative estimate of drug-likeness (QED) is 0.395. The summed E-state index contributed by atoms with van der Waals surface area (Å²) in [7, 11) is 0. The van der Waals surface area contributed by atoms with Gasteiger partial charge in [-0.25, -0.2) is 0 Å². The van der Waals surface area contributed by atoms with Crippen LogP contribution in [0.1, 0.15) is 5.76 Å². The van der Waals surface area contributed by atoms with Crippen molar-refractivity contribution in [1.82, 2.24) is 0 Å². The molecular formula is C8H10N4O. The van der Waals surface area contributed by atoms with Crippen molar-refractivity contribution in [1.29, 1.82) is 0 Å². The van der Waals surface area contributed by atoms with Crippen molar-refractivity contribution in [3.63, 3.8) is 0 Å². The molecule has 0 N–H and O–H groups in total. The predicted molar refractivity (Wildman–Crippen MR) is 48.6 cm³/mol. The van der Waals surface area contributed by atoms with Crippen LogP contribution >= 0.6 is 0 Å². The summed E-state index contributed by atoms with van der Waals surface area (Å²) in [4.78, 5) is 4.81. The molecule has 5 nitrogen and oxygen atoms in total. The van der Waals surface area contributed by atoms with Crippen LogP contribution in [0, 0.1) is 6.92 Å². The smallest absolute Gasteiger partial charge is 0.195 e. The molecule has 2 heterocycles. The first-order valence-corrected chi connectivity index (χ1v) is 4.15. The monoisotopic (exact) mass is 178 g/mol. The number of anilines is 1. The third kappa shape index (κ3) is 1.46. The van der Waals surface area contributed by atoms with E-state index in [4.69, 9.17) is 9.95 Å². The standard InChI is InChI=1S/C8H10N4O/c1-6-2-3-8(13-6)12-4-7(5-12)10-11-9/h2-3,7H,4-5H2,1H3. The SMILES string of the molecule is Cc1ccc(N2CC(N=[N+]=[N-])C2)o1. The van der Waals surface area contributed by atoms with Gasteiger partial charge in [0.1, 0.15) is 5.76 Å². The van der Waals surface area contributed by atoms with E-state index < -0.39 is 0 Å². The minimum atomic E-state index is 0.107. The molecule has 0 unspecified atom stereocenters. The molecule has 1 fully saturated rings. The maximum absolute atomic E-state index is 8.18. The molecule has 5 heteroatoms. The van der Waals surface area contributed by atoms with E-state index in [2.05, 4.69) is 10.0 Å². The molecule has 0 radical (unpaired) electrons. The van der Waals surface area contributed by atoms with Gasteiger partial charge in [0.25, 0.3) is 0 Å². The fourth-order valence-electron chi connectivity index (χ4n) is 1.37. The van der Waals surface area contributed by atoms with Gasteiger partial charge in [0, 0.05) is 24.1 Å². The van der Waals surface area contributed by atoms with E-state index in [1.54, 1.807) is 0 Å². The van der Waals surface area contributed by atoms with E-state index in [1.165, 1.54) is 0 Å². The fraction of sp³-hybridized carbons (Fsp3) is 0.500. The van der Waals surface area contributed by atoms with Crippen LogP contribution in [0.15, 0.2) is 21.7 Å². The summed E-state index contributed by atoms with van der Waals surface area (Å²) in [5, 5.41) is 3.61. The molecule has 0 atom stereocenters. The van der Waals surface area contributed by atoms with Crippen molar-refractivity contribution in [3.05, 3.63) is 28.3 Å². The van der Waals surface area contributed by atoms with Crippen molar-refractivity contribution in [2.45, 2.75) is 13.0 Å². The van der Waals surface area contributed by atoms with E-state index in [1.807, 2.05) is 24.0 Å². The number of hydrogen-bond donors (Lipinski definition) is 0. The van der Waals surface area contributed by atoms with Crippen LogP contribution in [0.5, 0.6) is 0 Å². The van der Waals surface area contributed by atoms with Gasteiger partial charge in [0.15, 0.2) is 5.88 Å². The van der Waals surface area contributed by atoms with Gasteiger partial charge >= 0.3 is 0 Å². The first-order valence-electron chi connectivity index (χ1n) is 4.15. The Morgan fingerprint density at radius 2 is 2.38 bits per heavy atom. The highest BCUT2D eigenvalue weighted by Crippen LogP contribution is 2.24. The van der Waals surface area contributed by atoms with Crippen molar-refractivity contribution >= 4 is 5.88 Å². The van der Waals surface area contributed by atoms with Crippen molar-refractivity contribution in [2.24, 2.45) is 5.11 Å². The second kappa shape index (κ2) is 3.03. The molecule has 1 aromatic rings. The van der Waals surface area contributed by atoms with Gasteiger partial charge in [-0.15, -0.1) is 0 Å². The summed E-state index contributed by atoms with van der Waals surface area (Å²) in [5.41, 5.74) is 8.18. The van der Waals surface area contributed by atoms with E-state index in [0.29, 0.717) is 0 Å². The lowest BCUT2D eigenvalue weighted by molar-refractivity contribution is 0.446. The first-order chi connectivity index (χ1) is 6.29.